The highest BCUT2D eigenvalue weighted by molar-refractivity contribution is 7.39. The highest BCUT2D eigenvalue weighted by atomic mass is 31.2. The second kappa shape index (κ2) is 11.1. The summed E-state index contributed by atoms with van der Waals surface area (Å²) in [5.74, 6) is 0. The molecule has 0 amide bonds. The number of hydrogen-bond donors (Lipinski definition) is 6. The van der Waals surface area contributed by atoms with Gasteiger partial charge in [-0.15, -0.1) is 0 Å². The molecule has 0 unspecified atom stereocenters. The Hall–Kier alpha value is -0.630. The average Bonchev–Trinajstić information content (AvgIpc) is 2.48. The molecule has 0 aliphatic heterocycles. The molecule has 0 aromatic heterocycles. The summed E-state index contributed by atoms with van der Waals surface area (Å²) in [6.07, 6.45) is 0.709. The molecule has 0 saturated heterocycles. The smallest absolute Gasteiger partial charge is 0.327 e. The standard InChI is InChI=1S/C8H11O3P.C4H11NO3/c9-12(10)11-7-6-8-4-2-1-3-5-8;5-4(1-6,2-7)3-8/h1-5,9-10H,6-7H2;6-8H,1-3,5H2. The lowest BCUT2D eigenvalue weighted by molar-refractivity contribution is 0.0697. The van der Waals surface area contributed by atoms with Crippen molar-refractivity contribution in [2.24, 2.45) is 5.73 Å². The summed E-state index contributed by atoms with van der Waals surface area (Å²) in [5, 5.41) is 25.0. The third kappa shape index (κ3) is 9.30. The molecule has 1 rings (SSSR count). The van der Waals surface area contributed by atoms with Crippen molar-refractivity contribution in [3.8, 4) is 0 Å². The van der Waals surface area contributed by atoms with Gasteiger partial charge < -0.3 is 35.4 Å². The van der Waals surface area contributed by atoms with Gasteiger partial charge in [-0.1, -0.05) is 30.3 Å². The summed E-state index contributed by atoms with van der Waals surface area (Å²) in [7, 11) is -2.20. The van der Waals surface area contributed by atoms with E-state index in [2.05, 4.69) is 4.52 Å². The molecule has 8 heteroatoms. The van der Waals surface area contributed by atoms with Gasteiger partial charge in [0.05, 0.1) is 32.0 Å². The van der Waals surface area contributed by atoms with Crippen LogP contribution in [0.2, 0.25) is 0 Å². The highest BCUT2D eigenvalue weighted by Crippen LogP contribution is 2.24. The molecule has 0 saturated carbocycles. The first kappa shape index (κ1) is 19.4. The average molecular weight is 307 g/mol. The lowest BCUT2D eigenvalue weighted by Crippen LogP contribution is -2.50. The maximum Gasteiger partial charge on any atom is 0.327 e. The van der Waals surface area contributed by atoms with Gasteiger partial charge >= 0.3 is 8.60 Å². The van der Waals surface area contributed by atoms with E-state index in [9.17, 15) is 0 Å². The normalized spacial score (nSPS) is 11.2. The number of hydrogen-bond acceptors (Lipinski definition) is 7. The second-order valence-electron chi connectivity index (χ2n) is 4.16. The molecule has 0 heterocycles. The molecule has 0 fully saturated rings. The van der Waals surface area contributed by atoms with Crippen molar-refractivity contribution < 1.29 is 29.6 Å². The van der Waals surface area contributed by atoms with E-state index in [0.717, 1.165) is 5.56 Å². The Morgan fingerprint density at radius 1 is 1.00 bits per heavy atom. The minimum Gasteiger partial charge on any atom is -0.394 e. The van der Waals surface area contributed by atoms with Crippen molar-refractivity contribution in [1.82, 2.24) is 0 Å². The zero-order valence-corrected chi connectivity index (χ0v) is 12.0. The van der Waals surface area contributed by atoms with Crippen LogP contribution >= 0.6 is 8.60 Å². The Morgan fingerprint density at radius 2 is 1.50 bits per heavy atom. The molecule has 1 aromatic rings. The second-order valence-corrected chi connectivity index (χ2v) is 4.92. The fourth-order valence-corrected chi connectivity index (χ4v) is 1.29. The van der Waals surface area contributed by atoms with Crippen LogP contribution in [0.4, 0.5) is 0 Å². The van der Waals surface area contributed by atoms with Crippen LogP contribution < -0.4 is 5.73 Å². The summed E-state index contributed by atoms with van der Waals surface area (Å²) in [5.41, 5.74) is 5.07. The van der Waals surface area contributed by atoms with Crippen molar-refractivity contribution in [1.29, 1.82) is 0 Å². The van der Waals surface area contributed by atoms with E-state index in [1.54, 1.807) is 0 Å². The number of nitrogens with two attached hydrogens (primary N) is 1. The zero-order valence-electron chi connectivity index (χ0n) is 11.1. The van der Waals surface area contributed by atoms with E-state index in [-0.39, 0.29) is 0 Å². The van der Waals surface area contributed by atoms with E-state index in [0.29, 0.717) is 13.0 Å². The molecule has 0 radical (unpaired) electrons. The Kier molecular flexibility index (Phi) is 10.7. The van der Waals surface area contributed by atoms with Crippen LogP contribution in [0.25, 0.3) is 0 Å². The van der Waals surface area contributed by atoms with Crippen LogP contribution in [0.3, 0.4) is 0 Å². The van der Waals surface area contributed by atoms with Gasteiger partial charge in [0, 0.05) is 0 Å². The zero-order chi connectivity index (χ0) is 15.4. The van der Waals surface area contributed by atoms with Crippen LogP contribution in [0.15, 0.2) is 30.3 Å². The van der Waals surface area contributed by atoms with Gasteiger partial charge in [-0.3, -0.25) is 0 Å². The highest BCUT2D eigenvalue weighted by Gasteiger charge is 2.20. The number of benzene rings is 1. The fourth-order valence-electron chi connectivity index (χ4n) is 1.04. The monoisotopic (exact) mass is 307 g/mol. The quantitative estimate of drug-likeness (QED) is 0.360. The van der Waals surface area contributed by atoms with E-state index in [1.165, 1.54) is 0 Å². The molecule has 116 valence electrons. The first-order valence-corrected chi connectivity index (χ1v) is 7.10. The van der Waals surface area contributed by atoms with Crippen molar-refractivity contribution in [2.45, 2.75) is 12.0 Å². The van der Waals surface area contributed by atoms with Gasteiger partial charge in [0.15, 0.2) is 0 Å². The van der Waals surface area contributed by atoms with Crippen LogP contribution in [-0.2, 0) is 10.9 Å². The molecular weight excluding hydrogens is 285 g/mol. The van der Waals surface area contributed by atoms with Gasteiger partial charge in [0.25, 0.3) is 0 Å². The topological polar surface area (TPSA) is 136 Å². The SMILES string of the molecule is NC(CO)(CO)CO.OP(O)OCCc1ccccc1. The van der Waals surface area contributed by atoms with Crippen LogP contribution in [0.5, 0.6) is 0 Å². The fraction of sp³-hybridized carbons (Fsp3) is 0.500. The summed E-state index contributed by atoms with van der Waals surface area (Å²) in [4.78, 5) is 16.9. The molecular formula is C12H22NO6P. The van der Waals surface area contributed by atoms with Crippen molar-refractivity contribution in [2.75, 3.05) is 26.4 Å². The van der Waals surface area contributed by atoms with Gasteiger partial charge in [0.2, 0.25) is 0 Å². The molecule has 7 nitrogen and oxygen atoms in total. The van der Waals surface area contributed by atoms with Crippen LogP contribution in [-0.4, -0.2) is 57.1 Å². The van der Waals surface area contributed by atoms with Gasteiger partial charge in [-0.25, -0.2) is 0 Å². The maximum absolute atomic E-state index is 8.43. The molecule has 7 N–H and O–H groups in total. The maximum atomic E-state index is 8.43. The van der Waals surface area contributed by atoms with Crippen molar-refractivity contribution in [3.63, 3.8) is 0 Å². The molecule has 0 bridgehead atoms. The minimum absolute atomic E-state index is 0.350. The predicted molar refractivity (Wildman–Crippen MR) is 75.6 cm³/mol. The first-order valence-electron chi connectivity index (χ1n) is 5.93. The minimum atomic E-state index is -2.20. The Labute approximate surface area is 119 Å². The van der Waals surface area contributed by atoms with Gasteiger partial charge in [-0.2, -0.15) is 0 Å². The summed E-state index contributed by atoms with van der Waals surface area (Å²) in [6.45, 7) is -0.858. The van der Waals surface area contributed by atoms with Crippen molar-refractivity contribution in [3.05, 3.63) is 35.9 Å². The van der Waals surface area contributed by atoms with E-state index < -0.39 is 34.0 Å². The van der Waals surface area contributed by atoms with E-state index >= 15 is 0 Å². The van der Waals surface area contributed by atoms with E-state index in [4.69, 9.17) is 30.8 Å². The third-order valence-corrected chi connectivity index (χ3v) is 2.80. The molecule has 0 spiro atoms. The Bertz CT molecular complexity index is 326. The molecule has 1 aromatic carbocycles. The van der Waals surface area contributed by atoms with Crippen LogP contribution in [0, 0.1) is 0 Å². The molecule has 0 atom stereocenters. The summed E-state index contributed by atoms with van der Waals surface area (Å²) < 4.78 is 4.62. The van der Waals surface area contributed by atoms with E-state index in [1.807, 2.05) is 30.3 Å². The largest absolute Gasteiger partial charge is 0.394 e. The summed E-state index contributed by atoms with van der Waals surface area (Å²) >= 11 is 0. The molecule has 20 heavy (non-hydrogen) atoms. The first-order chi connectivity index (χ1) is 9.47. The lowest BCUT2D eigenvalue weighted by Gasteiger charge is -2.20. The van der Waals surface area contributed by atoms with Gasteiger partial charge in [-0.05, 0) is 12.0 Å². The molecule has 0 aliphatic rings. The Balaban J connectivity index is 0.000000396. The molecule has 0 aliphatic carbocycles. The predicted octanol–water partition coefficient (Wildman–Crippen LogP) is -0.882. The summed E-state index contributed by atoms with van der Waals surface area (Å²) in [6, 6.07) is 9.77. The Morgan fingerprint density at radius 3 is 1.85 bits per heavy atom. The number of rotatable bonds is 7. The third-order valence-electron chi connectivity index (χ3n) is 2.39. The van der Waals surface area contributed by atoms with Crippen LogP contribution in [0.1, 0.15) is 5.56 Å². The van der Waals surface area contributed by atoms with Crippen molar-refractivity contribution >= 4 is 8.60 Å². The number of aliphatic hydroxyl groups is 3. The number of aliphatic hydroxyl groups excluding tert-OH is 3. The lowest BCUT2D eigenvalue weighted by atomic mass is 10.1. The van der Waals surface area contributed by atoms with Gasteiger partial charge in [0.1, 0.15) is 0 Å².